The lowest BCUT2D eigenvalue weighted by Gasteiger charge is -2.44. The second-order valence-electron chi connectivity index (χ2n) is 10.5. The van der Waals surface area contributed by atoms with Crippen LogP contribution in [0.15, 0.2) is 95.7 Å². The molecule has 0 N–H and O–H groups in total. The Morgan fingerprint density at radius 3 is 2.12 bits per heavy atom. The summed E-state index contributed by atoms with van der Waals surface area (Å²) in [6.07, 6.45) is 1.26. The van der Waals surface area contributed by atoms with Crippen LogP contribution in [0.4, 0.5) is 5.69 Å². The Morgan fingerprint density at radius 2 is 1.41 bits per heavy atom. The lowest BCUT2D eigenvalue weighted by molar-refractivity contribution is -0.118. The van der Waals surface area contributed by atoms with Gasteiger partial charge in [0.1, 0.15) is 0 Å². The molecule has 3 aromatic rings. The van der Waals surface area contributed by atoms with Crippen molar-refractivity contribution < 1.29 is 9.59 Å². The highest BCUT2D eigenvalue weighted by atomic mass is 16.1. The standard InChI is InChI=1S/C31H27NO2/c1-19-13-15-21(16-14-19)32-24-17-31(2,3)18-25(33)27(24)26(20-9-5-4-6-10-20)28-29(32)22-11-7-8-12-23(22)30(28)34/h4-16,26H,17-18H2,1-3H3/t26-/m1/s1. The highest BCUT2D eigenvalue weighted by Gasteiger charge is 2.49. The highest BCUT2D eigenvalue weighted by molar-refractivity contribution is 6.25. The van der Waals surface area contributed by atoms with Gasteiger partial charge in [-0.2, -0.15) is 0 Å². The summed E-state index contributed by atoms with van der Waals surface area (Å²) < 4.78 is 0. The molecule has 2 aliphatic carbocycles. The van der Waals surface area contributed by atoms with Crippen molar-refractivity contribution in [3.63, 3.8) is 0 Å². The summed E-state index contributed by atoms with van der Waals surface area (Å²) >= 11 is 0. The van der Waals surface area contributed by atoms with E-state index in [0.29, 0.717) is 6.42 Å². The van der Waals surface area contributed by atoms with Gasteiger partial charge in [0.2, 0.25) is 0 Å². The minimum atomic E-state index is -0.351. The molecule has 0 saturated heterocycles. The van der Waals surface area contributed by atoms with Crippen LogP contribution in [0.1, 0.15) is 59.7 Å². The fourth-order valence-corrected chi connectivity index (χ4v) is 5.86. The van der Waals surface area contributed by atoms with E-state index in [0.717, 1.165) is 51.3 Å². The van der Waals surface area contributed by atoms with Gasteiger partial charge in [0, 0.05) is 46.0 Å². The Labute approximate surface area is 200 Å². The molecule has 3 aromatic carbocycles. The van der Waals surface area contributed by atoms with Gasteiger partial charge in [0.15, 0.2) is 11.6 Å². The van der Waals surface area contributed by atoms with Crippen molar-refractivity contribution in [1.29, 1.82) is 0 Å². The van der Waals surface area contributed by atoms with Crippen molar-refractivity contribution in [3.8, 4) is 0 Å². The quantitative estimate of drug-likeness (QED) is 0.433. The van der Waals surface area contributed by atoms with E-state index >= 15 is 0 Å². The third-order valence-electron chi connectivity index (χ3n) is 7.32. The molecule has 34 heavy (non-hydrogen) atoms. The monoisotopic (exact) mass is 445 g/mol. The van der Waals surface area contributed by atoms with Crippen LogP contribution in [0.2, 0.25) is 0 Å². The fraction of sp³-hybridized carbons (Fsp3) is 0.226. The van der Waals surface area contributed by atoms with Crippen molar-refractivity contribution in [2.45, 2.75) is 39.5 Å². The lowest BCUT2D eigenvalue weighted by Crippen LogP contribution is -2.39. The van der Waals surface area contributed by atoms with Crippen LogP contribution in [0.5, 0.6) is 0 Å². The molecule has 0 fully saturated rings. The smallest absolute Gasteiger partial charge is 0.192 e. The summed E-state index contributed by atoms with van der Waals surface area (Å²) in [5.41, 5.74) is 8.15. The first-order valence-corrected chi connectivity index (χ1v) is 11.9. The molecule has 0 bridgehead atoms. The van der Waals surface area contributed by atoms with Crippen LogP contribution in [0.3, 0.4) is 0 Å². The predicted molar refractivity (Wildman–Crippen MR) is 136 cm³/mol. The van der Waals surface area contributed by atoms with Gasteiger partial charge in [0.05, 0.1) is 5.70 Å². The number of hydrogen-bond donors (Lipinski definition) is 0. The molecule has 0 aromatic heterocycles. The van der Waals surface area contributed by atoms with E-state index in [9.17, 15) is 9.59 Å². The molecule has 168 valence electrons. The molecular formula is C31H27NO2. The maximum Gasteiger partial charge on any atom is 0.192 e. The topological polar surface area (TPSA) is 37.4 Å². The van der Waals surface area contributed by atoms with Crippen molar-refractivity contribution in [2.75, 3.05) is 4.90 Å². The second-order valence-corrected chi connectivity index (χ2v) is 10.5. The minimum absolute atomic E-state index is 0.0285. The number of rotatable bonds is 2. The fourth-order valence-electron chi connectivity index (χ4n) is 5.86. The average Bonchev–Trinajstić information content (AvgIpc) is 3.11. The third kappa shape index (κ3) is 3.03. The number of nitrogens with zero attached hydrogens (tertiary/aromatic N) is 1. The molecule has 1 aliphatic heterocycles. The van der Waals surface area contributed by atoms with Gasteiger partial charge in [-0.15, -0.1) is 0 Å². The van der Waals surface area contributed by atoms with Crippen LogP contribution in [0, 0.1) is 12.3 Å². The normalized spacial score (nSPS) is 20.9. The minimum Gasteiger partial charge on any atom is -0.313 e. The zero-order chi connectivity index (χ0) is 23.6. The lowest BCUT2D eigenvalue weighted by atomic mass is 9.68. The summed E-state index contributed by atoms with van der Waals surface area (Å²) in [5.74, 6) is -0.176. The van der Waals surface area contributed by atoms with Gasteiger partial charge < -0.3 is 4.90 Å². The Bertz CT molecular complexity index is 1410. The van der Waals surface area contributed by atoms with Gasteiger partial charge in [-0.25, -0.2) is 0 Å². The SMILES string of the molecule is Cc1ccc(N2C3=C(C(=O)CC(C)(C)C3)[C@@H](c3ccccc3)C3=C2c2ccccc2C3=O)cc1. The van der Waals surface area contributed by atoms with Crippen LogP contribution in [-0.4, -0.2) is 11.6 Å². The van der Waals surface area contributed by atoms with Gasteiger partial charge in [-0.05, 0) is 36.5 Å². The van der Waals surface area contributed by atoms with Crippen LogP contribution in [0.25, 0.3) is 5.70 Å². The second kappa shape index (κ2) is 7.39. The van der Waals surface area contributed by atoms with Gasteiger partial charge in [0.25, 0.3) is 0 Å². The molecule has 3 aliphatic rings. The summed E-state index contributed by atoms with van der Waals surface area (Å²) in [6.45, 7) is 6.40. The van der Waals surface area contributed by atoms with Gasteiger partial charge in [-0.1, -0.05) is 86.1 Å². The molecule has 0 spiro atoms. The number of allylic oxidation sites excluding steroid dienone is 3. The zero-order valence-electron chi connectivity index (χ0n) is 19.8. The Morgan fingerprint density at radius 1 is 0.765 bits per heavy atom. The summed E-state index contributed by atoms with van der Waals surface area (Å²) in [6, 6.07) is 26.3. The van der Waals surface area contributed by atoms with Crippen LogP contribution < -0.4 is 4.90 Å². The average molecular weight is 446 g/mol. The molecule has 0 unspecified atom stereocenters. The Balaban J connectivity index is 1.70. The van der Waals surface area contributed by atoms with E-state index < -0.39 is 0 Å². The Kier molecular flexibility index (Phi) is 4.54. The number of anilines is 1. The predicted octanol–water partition coefficient (Wildman–Crippen LogP) is 6.85. The van der Waals surface area contributed by atoms with Crippen molar-refractivity contribution in [2.24, 2.45) is 5.41 Å². The molecule has 3 heteroatoms. The zero-order valence-corrected chi connectivity index (χ0v) is 19.8. The largest absolute Gasteiger partial charge is 0.313 e. The molecule has 0 radical (unpaired) electrons. The molecular weight excluding hydrogens is 418 g/mol. The van der Waals surface area contributed by atoms with E-state index in [1.165, 1.54) is 5.56 Å². The maximum absolute atomic E-state index is 13.9. The van der Waals surface area contributed by atoms with E-state index in [1.807, 2.05) is 54.6 Å². The number of hydrogen-bond acceptors (Lipinski definition) is 3. The molecule has 1 heterocycles. The van der Waals surface area contributed by atoms with Crippen molar-refractivity contribution >= 4 is 23.0 Å². The number of carbonyl (C=O) groups is 2. The number of fused-ring (bicyclic) bond motifs is 2. The van der Waals surface area contributed by atoms with Crippen LogP contribution >= 0.6 is 0 Å². The van der Waals surface area contributed by atoms with E-state index in [2.05, 4.69) is 49.9 Å². The van der Waals surface area contributed by atoms with Crippen molar-refractivity contribution in [3.05, 3.63) is 118 Å². The molecule has 6 rings (SSSR count). The van der Waals surface area contributed by atoms with E-state index in [4.69, 9.17) is 0 Å². The number of ketones is 2. The molecule has 3 nitrogen and oxygen atoms in total. The first kappa shape index (κ1) is 20.9. The first-order valence-electron chi connectivity index (χ1n) is 11.9. The highest BCUT2D eigenvalue weighted by Crippen LogP contribution is 2.56. The van der Waals surface area contributed by atoms with E-state index in [-0.39, 0.29) is 22.9 Å². The molecule has 0 amide bonds. The third-order valence-corrected chi connectivity index (χ3v) is 7.32. The van der Waals surface area contributed by atoms with Gasteiger partial charge in [-0.3, -0.25) is 9.59 Å². The first-order chi connectivity index (χ1) is 16.4. The molecule has 1 atom stereocenters. The summed E-state index contributed by atoms with van der Waals surface area (Å²) in [7, 11) is 0. The Hall–Kier alpha value is -3.72. The maximum atomic E-state index is 13.9. The van der Waals surface area contributed by atoms with E-state index in [1.54, 1.807) is 0 Å². The number of Topliss-reactive ketones (excluding diaryl/α,β-unsaturated/α-hetero) is 2. The number of benzene rings is 3. The van der Waals surface area contributed by atoms with Crippen LogP contribution in [-0.2, 0) is 4.79 Å². The summed E-state index contributed by atoms with van der Waals surface area (Å²) in [5, 5.41) is 0. The van der Waals surface area contributed by atoms with Gasteiger partial charge >= 0.3 is 0 Å². The number of carbonyl (C=O) groups excluding carboxylic acids is 2. The summed E-state index contributed by atoms with van der Waals surface area (Å²) in [4.78, 5) is 30.0. The van der Waals surface area contributed by atoms with Crippen molar-refractivity contribution in [1.82, 2.24) is 0 Å². The molecule has 0 saturated carbocycles. The number of aryl methyl sites for hydroxylation is 1.